The number of hydrogen-bond donors (Lipinski definition) is 0. The lowest BCUT2D eigenvalue weighted by Gasteiger charge is -2.27. The number of aromatic nitrogens is 1. The van der Waals surface area contributed by atoms with E-state index in [1.807, 2.05) is 11.0 Å². The number of rotatable bonds is 3. The topological polar surface area (TPSA) is 55.6 Å². The molecule has 0 unspecified atom stereocenters. The summed E-state index contributed by atoms with van der Waals surface area (Å²) in [6, 6.07) is 1.85. The highest BCUT2D eigenvalue weighted by atomic mass is 16.5. The fourth-order valence-electron chi connectivity index (χ4n) is 3.66. The summed E-state index contributed by atoms with van der Waals surface area (Å²) in [5.74, 6) is 2.79. The van der Waals surface area contributed by atoms with Gasteiger partial charge >= 0.3 is 0 Å². The zero-order valence-corrected chi connectivity index (χ0v) is 12.3. The molecule has 1 atom stereocenters. The highest BCUT2D eigenvalue weighted by molar-refractivity contribution is 5.92. The maximum absolute atomic E-state index is 12.5. The van der Waals surface area contributed by atoms with Crippen LogP contribution in [-0.2, 0) is 4.74 Å². The van der Waals surface area contributed by atoms with Crippen molar-refractivity contribution in [3.05, 3.63) is 17.5 Å². The molecule has 3 aliphatic rings. The summed E-state index contributed by atoms with van der Waals surface area (Å²) in [6.07, 6.45) is 5.73. The van der Waals surface area contributed by atoms with Gasteiger partial charge in [-0.25, -0.2) is 0 Å². The monoisotopic (exact) mass is 290 g/mol. The second kappa shape index (κ2) is 5.44. The third-order valence-electron chi connectivity index (χ3n) is 5.17. The molecule has 0 aromatic carbocycles. The molecule has 5 heteroatoms. The summed E-state index contributed by atoms with van der Waals surface area (Å²) in [5.41, 5.74) is 0.490. The van der Waals surface area contributed by atoms with E-state index in [9.17, 15) is 4.79 Å². The molecule has 0 radical (unpaired) electrons. The number of hydrogen-bond acceptors (Lipinski definition) is 4. The van der Waals surface area contributed by atoms with Gasteiger partial charge in [0.2, 0.25) is 0 Å². The minimum atomic E-state index is 0.0419. The van der Waals surface area contributed by atoms with E-state index in [0.29, 0.717) is 17.5 Å². The van der Waals surface area contributed by atoms with Crippen molar-refractivity contribution in [1.29, 1.82) is 0 Å². The Morgan fingerprint density at radius 2 is 1.95 bits per heavy atom. The van der Waals surface area contributed by atoms with Crippen LogP contribution in [0.2, 0.25) is 0 Å². The van der Waals surface area contributed by atoms with Gasteiger partial charge in [0.15, 0.2) is 5.69 Å². The molecule has 5 nitrogen and oxygen atoms in total. The van der Waals surface area contributed by atoms with Crippen molar-refractivity contribution in [3.8, 4) is 0 Å². The summed E-state index contributed by atoms with van der Waals surface area (Å²) in [7, 11) is 0. The lowest BCUT2D eigenvalue weighted by molar-refractivity contribution is 0.0471. The lowest BCUT2D eigenvalue weighted by atomic mass is 9.85. The summed E-state index contributed by atoms with van der Waals surface area (Å²) in [6.45, 7) is 3.48. The molecule has 2 aliphatic heterocycles. The standard InChI is InChI=1S/C16H22N2O3/c19-16(14-9-15(21-17-14)12-1-2-12)18-6-3-13(10-18)11-4-7-20-8-5-11/h9,11-13H,1-8,10H2/t13-/m0/s1. The third kappa shape index (κ3) is 2.71. The van der Waals surface area contributed by atoms with Gasteiger partial charge in [0.05, 0.1) is 0 Å². The molecule has 0 spiro atoms. The molecular formula is C16H22N2O3. The van der Waals surface area contributed by atoms with Crippen LogP contribution >= 0.6 is 0 Å². The summed E-state index contributed by atoms with van der Waals surface area (Å²) < 4.78 is 10.7. The molecule has 0 bridgehead atoms. The van der Waals surface area contributed by atoms with E-state index in [-0.39, 0.29) is 5.91 Å². The van der Waals surface area contributed by atoms with Crippen molar-refractivity contribution >= 4 is 5.91 Å². The second-order valence-corrected chi connectivity index (χ2v) is 6.64. The summed E-state index contributed by atoms with van der Waals surface area (Å²) in [4.78, 5) is 14.5. The van der Waals surface area contributed by atoms with Crippen LogP contribution in [0.25, 0.3) is 0 Å². The van der Waals surface area contributed by atoms with Crippen LogP contribution in [0.5, 0.6) is 0 Å². The van der Waals surface area contributed by atoms with Crippen LogP contribution in [0.4, 0.5) is 0 Å². The number of amides is 1. The van der Waals surface area contributed by atoms with Crippen LogP contribution in [0.3, 0.4) is 0 Å². The van der Waals surface area contributed by atoms with Crippen molar-refractivity contribution in [3.63, 3.8) is 0 Å². The number of nitrogens with zero attached hydrogens (tertiary/aromatic N) is 2. The zero-order chi connectivity index (χ0) is 14.2. The molecule has 1 amide bonds. The normalized spacial score (nSPS) is 27.2. The van der Waals surface area contributed by atoms with Gasteiger partial charge in [0.25, 0.3) is 5.91 Å². The largest absolute Gasteiger partial charge is 0.381 e. The van der Waals surface area contributed by atoms with E-state index in [4.69, 9.17) is 9.26 Å². The number of ether oxygens (including phenoxy) is 1. The van der Waals surface area contributed by atoms with Crippen molar-refractivity contribution in [2.75, 3.05) is 26.3 Å². The minimum Gasteiger partial charge on any atom is -0.381 e. The van der Waals surface area contributed by atoms with E-state index < -0.39 is 0 Å². The predicted molar refractivity (Wildman–Crippen MR) is 76.0 cm³/mol. The highest BCUT2D eigenvalue weighted by Gasteiger charge is 2.35. The molecule has 1 aromatic heterocycles. The van der Waals surface area contributed by atoms with Gasteiger partial charge in [0.1, 0.15) is 5.76 Å². The van der Waals surface area contributed by atoms with Crippen molar-refractivity contribution in [2.45, 2.75) is 38.0 Å². The fourth-order valence-corrected chi connectivity index (χ4v) is 3.66. The molecule has 2 saturated heterocycles. The Labute approximate surface area is 124 Å². The molecular weight excluding hydrogens is 268 g/mol. The van der Waals surface area contributed by atoms with Crippen molar-refractivity contribution in [2.24, 2.45) is 11.8 Å². The first-order valence-corrected chi connectivity index (χ1v) is 8.15. The maximum atomic E-state index is 12.5. The smallest absolute Gasteiger partial charge is 0.276 e. The molecule has 0 N–H and O–H groups in total. The lowest BCUT2D eigenvalue weighted by Crippen LogP contribution is -2.31. The van der Waals surface area contributed by atoms with Crippen LogP contribution in [0.15, 0.2) is 10.6 Å². The number of carbonyl (C=O) groups is 1. The van der Waals surface area contributed by atoms with E-state index in [0.717, 1.165) is 57.2 Å². The second-order valence-electron chi connectivity index (χ2n) is 6.64. The SMILES string of the molecule is O=C(c1cc(C2CC2)on1)N1CC[C@H](C2CCOCC2)C1. The molecule has 114 valence electrons. The minimum absolute atomic E-state index is 0.0419. The molecule has 3 heterocycles. The zero-order valence-electron chi connectivity index (χ0n) is 12.3. The first-order valence-electron chi connectivity index (χ1n) is 8.15. The Balaban J connectivity index is 1.38. The van der Waals surface area contributed by atoms with Gasteiger partial charge in [-0.05, 0) is 43.9 Å². The van der Waals surface area contributed by atoms with Gasteiger partial charge < -0.3 is 14.2 Å². The quantitative estimate of drug-likeness (QED) is 0.858. The van der Waals surface area contributed by atoms with Gasteiger partial charge in [-0.3, -0.25) is 4.79 Å². The Kier molecular flexibility index (Phi) is 3.45. The average molecular weight is 290 g/mol. The third-order valence-corrected chi connectivity index (χ3v) is 5.17. The number of carbonyl (C=O) groups excluding carboxylic acids is 1. The first kappa shape index (κ1) is 13.3. The average Bonchev–Trinajstić information content (AvgIpc) is 3.06. The van der Waals surface area contributed by atoms with Gasteiger partial charge in [-0.1, -0.05) is 5.16 Å². The van der Waals surface area contributed by atoms with Gasteiger partial charge in [-0.15, -0.1) is 0 Å². The predicted octanol–water partition coefficient (Wildman–Crippen LogP) is 2.44. The molecule has 3 fully saturated rings. The Bertz CT molecular complexity index is 517. The van der Waals surface area contributed by atoms with E-state index in [1.165, 1.54) is 12.8 Å². The maximum Gasteiger partial charge on any atom is 0.276 e. The Morgan fingerprint density at radius 1 is 1.14 bits per heavy atom. The Morgan fingerprint density at radius 3 is 2.71 bits per heavy atom. The highest BCUT2D eigenvalue weighted by Crippen LogP contribution is 2.40. The molecule has 4 rings (SSSR count). The van der Waals surface area contributed by atoms with Gasteiger partial charge in [-0.2, -0.15) is 0 Å². The molecule has 1 aliphatic carbocycles. The van der Waals surface area contributed by atoms with Crippen molar-refractivity contribution in [1.82, 2.24) is 10.1 Å². The van der Waals surface area contributed by atoms with E-state index in [2.05, 4.69) is 5.16 Å². The molecule has 21 heavy (non-hydrogen) atoms. The van der Waals surface area contributed by atoms with E-state index >= 15 is 0 Å². The van der Waals surface area contributed by atoms with Crippen LogP contribution in [0, 0.1) is 11.8 Å². The molecule has 1 saturated carbocycles. The van der Waals surface area contributed by atoms with Gasteiger partial charge in [0, 0.05) is 38.3 Å². The molecule has 1 aromatic rings. The van der Waals surface area contributed by atoms with E-state index in [1.54, 1.807) is 0 Å². The summed E-state index contributed by atoms with van der Waals surface area (Å²) >= 11 is 0. The Hall–Kier alpha value is -1.36. The first-order chi connectivity index (χ1) is 10.3. The number of likely N-dealkylation sites (tertiary alicyclic amines) is 1. The van der Waals surface area contributed by atoms with Crippen LogP contribution < -0.4 is 0 Å². The van der Waals surface area contributed by atoms with Crippen molar-refractivity contribution < 1.29 is 14.1 Å². The van der Waals surface area contributed by atoms with Crippen LogP contribution in [-0.4, -0.2) is 42.3 Å². The van der Waals surface area contributed by atoms with Crippen LogP contribution in [0.1, 0.15) is 54.3 Å². The fraction of sp³-hybridized carbons (Fsp3) is 0.750. The summed E-state index contributed by atoms with van der Waals surface area (Å²) in [5, 5.41) is 3.97.